The van der Waals surface area contributed by atoms with Gasteiger partial charge < -0.3 is 0 Å². The van der Waals surface area contributed by atoms with Crippen molar-refractivity contribution in [3.05, 3.63) is 60.4 Å². The van der Waals surface area contributed by atoms with Crippen LogP contribution >= 0.6 is 11.8 Å². The molecule has 0 aliphatic heterocycles. The fourth-order valence-electron chi connectivity index (χ4n) is 2.02. The van der Waals surface area contributed by atoms with Gasteiger partial charge in [0.05, 0.1) is 6.07 Å². The van der Waals surface area contributed by atoms with E-state index in [1.807, 2.05) is 49.4 Å². The van der Waals surface area contributed by atoms with Crippen LogP contribution in [0.15, 0.2) is 59.8 Å². The smallest absolute Gasteiger partial charge is 0.141 e. The molecule has 2 rings (SSSR count). The molecule has 0 amide bonds. The van der Waals surface area contributed by atoms with Gasteiger partial charge in [-0.15, -0.1) is 11.8 Å². The Hall–Kier alpha value is -1.83. The molecule has 102 valence electrons. The SMILES string of the molecule is CCNC(C#N)(CSc1ccncc1)c1ccccc1. The Morgan fingerprint density at radius 2 is 1.90 bits per heavy atom. The number of rotatable bonds is 6. The molecular weight excluding hydrogens is 266 g/mol. The molecule has 0 saturated heterocycles. The van der Waals surface area contributed by atoms with Crippen LogP contribution in [0.2, 0.25) is 0 Å². The molecule has 4 heteroatoms. The van der Waals surface area contributed by atoms with Gasteiger partial charge in [0.2, 0.25) is 0 Å². The van der Waals surface area contributed by atoms with Crippen LogP contribution in [0.3, 0.4) is 0 Å². The first-order valence-corrected chi connectivity index (χ1v) is 7.54. The molecule has 0 aliphatic carbocycles. The van der Waals surface area contributed by atoms with E-state index in [1.54, 1.807) is 24.2 Å². The number of hydrogen-bond donors (Lipinski definition) is 1. The molecular formula is C16H17N3S. The zero-order valence-corrected chi connectivity index (χ0v) is 12.2. The summed E-state index contributed by atoms with van der Waals surface area (Å²) in [5.74, 6) is 0.658. The lowest BCUT2D eigenvalue weighted by atomic mass is 9.93. The van der Waals surface area contributed by atoms with Gasteiger partial charge in [-0.3, -0.25) is 10.3 Å². The average molecular weight is 283 g/mol. The molecule has 20 heavy (non-hydrogen) atoms. The number of nitriles is 1. The molecule has 0 fully saturated rings. The third-order valence-corrected chi connectivity index (χ3v) is 4.22. The maximum atomic E-state index is 9.70. The summed E-state index contributed by atoms with van der Waals surface area (Å²) in [5.41, 5.74) is 0.343. The summed E-state index contributed by atoms with van der Waals surface area (Å²) in [6.07, 6.45) is 3.54. The Labute approximate surface area is 124 Å². The van der Waals surface area contributed by atoms with E-state index in [0.717, 1.165) is 17.0 Å². The minimum Gasteiger partial charge on any atom is -0.295 e. The molecule has 0 radical (unpaired) electrons. The van der Waals surface area contributed by atoms with Gasteiger partial charge in [-0.05, 0) is 24.2 Å². The van der Waals surface area contributed by atoms with E-state index < -0.39 is 5.54 Å². The van der Waals surface area contributed by atoms with E-state index in [4.69, 9.17) is 0 Å². The molecule has 1 N–H and O–H groups in total. The summed E-state index contributed by atoms with van der Waals surface area (Å²) in [6, 6.07) is 16.3. The summed E-state index contributed by atoms with van der Waals surface area (Å²) >= 11 is 1.66. The van der Waals surface area contributed by atoms with Gasteiger partial charge in [0, 0.05) is 23.0 Å². The van der Waals surface area contributed by atoms with Crippen LogP contribution in [0.1, 0.15) is 12.5 Å². The highest BCUT2D eigenvalue weighted by Crippen LogP contribution is 2.29. The van der Waals surface area contributed by atoms with Crippen molar-refractivity contribution in [3.8, 4) is 6.07 Å². The van der Waals surface area contributed by atoms with Crippen LogP contribution in [0, 0.1) is 11.3 Å². The largest absolute Gasteiger partial charge is 0.295 e. The summed E-state index contributed by atoms with van der Waals surface area (Å²) in [6.45, 7) is 2.77. The summed E-state index contributed by atoms with van der Waals surface area (Å²) in [5, 5.41) is 13.0. The quantitative estimate of drug-likeness (QED) is 0.827. The van der Waals surface area contributed by atoms with Crippen LogP contribution in [0.4, 0.5) is 0 Å². The van der Waals surface area contributed by atoms with Gasteiger partial charge in [-0.25, -0.2) is 0 Å². The molecule has 2 aromatic rings. The van der Waals surface area contributed by atoms with Gasteiger partial charge in [-0.2, -0.15) is 5.26 Å². The highest BCUT2D eigenvalue weighted by Gasteiger charge is 2.31. The topological polar surface area (TPSA) is 48.7 Å². The van der Waals surface area contributed by atoms with Gasteiger partial charge in [0.25, 0.3) is 0 Å². The summed E-state index contributed by atoms with van der Waals surface area (Å²) < 4.78 is 0. The first kappa shape index (κ1) is 14.6. The minimum atomic E-state index is -0.663. The monoisotopic (exact) mass is 283 g/mol. The van der Waals surface area contributed by atoms with Crippen molar-refractivity contribution >= 4 is 11.8 Å². The Balaban J connectivity index is 2.22. The van der Waals surface area contributed by atoms with Crippen molar-refractivity contribution in [1.29, 1.82) is 5.26 Å². The number of thioether (sulfide) groups is 1. The van der Waals surface area contributed by atoms with Crippen molar-refractivity contribution in [1.82, 2.24) is 10.3 Å². The first-order valence-electron chi connectivity index (χ1n) is 6.55. The Morgan fingerprint density at radius 3 is 2.50 bits per heavy atom. The fourth-order valence-corrected chi connectivity index (χ4v) is 3.05. The molecule has 1 aromatic heterocycles. The van der Waals surface area contributed by atoms with E-state index in [9.17, 15) is 5.26 Å². The third kappa shape index (κ3) is 3.38. The van der Waals surface area contributed by atoms with Crippen LogP contribution in [-0.2, 0) is 5.54 Å². The molecule has 0 bridgehead atoms. The second-order valence-corrected chi connectivity index (χ2v) is 5.43. The molecule has 0 aliphatic rings. The van der Waals surface area contributed by atoms with E-state index in [0.29, 0.717) is 5.75 Å². The maximum absolute atomic E-state index is 9.70. The predicted octanol–water partition coefficient (Wildman–Crippen LogP) is 3.20. The Bertz CT molecular complexity index is 565. The number of nitrogens with one attached hydrogen (secondary N) is 1. The lowest BCUT2D eigenvalue weighted by Crippen LogP contribution is -2.43. The molecule has 1 unspecified atom stereocenters. The van der Waals surface area contributed by atoms with Crippen molar-refractivity contribution in [2.75, 3.05) is 12.3 Å². The minimum absolute atomic E-state index is 0.658. The second kappa shape index (κ2) is 7.09. The molecule has 1 aromatic carbocycles. The number of nitrogens with zero attached hydrogens (tertiary/aromatic N) is 2. The zero-order valence-electron chi connectivity index (χ0n) is 11.4. The van der Waals surface area contributed by atoms with E-state index in [1.165, 1.54) is 0 Å². The number of hydrogen-bond acceptors (Lipinski definition) is 4. The van der Waals surface area contributed by atoms with Crippen molar-refractivity contribution in [3.63, 3.8) is 0 Å². The molecule has 3 nitrogen and oxygen atoms in total. The number of benzene rings is 1. The molecule has 0 saturated carbocycles. The van der Waals surface area contributed by atoms with Crippen molar-refractivity contribution < 1.29 is 0 Å². The second-order valence-electron chi connectivity index (χ2n) is 4.39. The number of pyridine rings is 1. The van der Waals surface area contributed by atoms with Crippen LogP contribution in [0.5, 0.6) is 0 Å². The Kier molecular flexibility index (Phi) is 5.16. The van der Waals surface area contributed by atoms with E-state index >= 15 is 0 Å². The average Bonchev–Trinajstić information content (AvgIpc) is 2.53. The summed E-state index contributed by atoms with van der Waals surface area (Å²) in [4.78, 5) is 5.13. The lowest BCUT2D eigenvalue weighted by Gasteiger charge is -2.27. The zero-order chi connectivity index (χ0) is 14.3. The van der Waals surface area contributed by atoms with Gasteiger partial charge in [-0.1, -0.05) is 37.3 Å². The fraction of sp³-hybridized carbons (Fsp3) is 0.250. The van der Waals surface area contributed by atoms with E-state index in [-0.39, 0.29) is 0 Å². The van der Waals surface area contributed by atoms with Gasteiger partial charge >= 0.3 is 0 Å². The van der Waals surface area contributed by atoms with Crippen molar-refractivity contribution in [2.24, 2.45) is 0 Å². The van der Waals surface area contributed by atoms with Crippen molar-refractivity contribution in [2.45, 2.75) is 17.4 Å². The molecule has 1 heterocycles. The normalized spacial score (nSPS) is 13.4. The van der Waals surface area contributed by atoms with Gasteiger partial charge in [0.1, 0.15) is 5.54 Å². The summed E-state index contributed by atoms with van der Waals surface area (Å²) in [7, 11) is 0. The lowest BCUT2D eigenvalue weighted by molar-refractivity contribution is 0.490. The highest BCUT2D eigenvalue weighted by atomic mass is 32.2. The highest BCUT2D eigenvalue weighted by molar-refractivity contribution is 7.99. The molecule has 1 atom stereocenters. The first-order chi connectivity index (χ1) is 9.80. The number of aromatic nitrogens is 1. The Morgan fingerprint density at radius 1 is 1.20 bits per heavy atom. The van der Waals surface area contributed by atoms with Crippen LogP contribution in [0.25, 0.3) is 0 Å². The van der Waals surface area contributed by atoms with Crippen LogP contribution < -0.4 is 5.32 Å². The maximum Gasteiger partial charge on any atom is 0.141 e. The molecule has 0 spiro atoms. The van der Waals surface area contributed by atoms with Crippen LogP contribution in [-0.4, -0.2) is 17.3 Å². The third-order valence-electron chi connectivity index (χ3n) is 3.04. The predicted molar refractivity (Wildman–Crippen MR) is 82.4 cm³/mol. The van der Waals surface area contributed by atoms with E-state index in [2.05, 4.69) is 16.4 Å². The van der Waals surface area contributed by atoms with Gasteiger partial charge in [0.15, 0.2) is 0 Å². The standard InChI is InChI=1S/C16H17N3S/c1-2-19-16(12-17,14-6-4-3-5-7-14)13-20-15-8-10-18-11-9-15/h3-11,19H,2,13H2,1H3.